The molecule has 0 saturated carbocycles. The number of aromatic nitrogens is 1. The summed E-state index contributed by atoms with van der Waals surface area (Å²) < 4.78 is 12.9. The fourth-order valence-electron chi connectivity index (χ4n) is 2.52. The Morgan fingerprint density at radius 1 is 1.16 bits per heavy atom. The number of fused-ring (bicyclic) bond motifs is 1. The van der Waals surface area contributed by atoms with Crippen LogP contribution in [0.1, 0.15) is 16.1 Å². The monoisotopic (exact) mass is 360 g/mol. The molecular weight excluding hydrogens is 347 g/mol. The van der Waals surface area contributed by atoms with Crippen molar-refractivity contribution >= 4 is 34.4 Å². The first-order valence-corrected chi connectivity index (χ1v) is 7.86. The van der Waals surface area contributed by atoms with Crippen LogP contribution in [0.4, 0.5) is 4.39 Å². The van der Waals surface area contributed by atoms with E-state index in [4.69, 9.17) is 11.6 Å². The Morgan fingerprint density at radius 2 is 1.88 bits per heavy atom. The fraction of sp³-hybridized carbons (Fsp3) is 0.111. The van der Waals surface area contributed by atoms with E-state index in [0.717, 1.165) is 10.9 Å². The average Bonchev–Trinajstić information content (AvgIpc) is 2.99. The second kappa shape index (κ2) is 6.94. The number of nitrogens with one attached hydrogen (secondary N) is 2. The number of halogens is 2. The number of amides is 1. The van der Waals surface area contributed by atoms with E-state index in [2.05, 4.69) is 10.3 Å². The Balaban J connectivity index is 1.77. The maximum atomic E-state index is 12.9. The first kappa shape index (κ1) is 17.0. The predicted octanol–water partition coefficient (Wildman–Crippen LogP) is 3.39. The molecule has 1 amide bonds. The van der Waals surface area contributed by atoms with Gasteiger partial charge in [0, 0.05) is 22.3 Å². The van der Waals surface area contributed by atoms with Gasteiger partial charge in [-0.25, -0.2) is 9.18 Å². The van der Waals surface area contributed by atoms with Gasteiger partial charge in [0.1, 0.15) is 17.6 Å². The largest absolute Gasteiger partial charge is 0.480 e. The molecule has 0 aliphatic rings. The van der Waals surface area contributed by atoms with E-state index in [1.54, 1.807) is 24.3 Å². The third-order valence-electron chi connectivity index (χ3n) is 3.78. The lowest BCUT2D eigenvalue weighted by atomic mass is 10.1. The zero-order chi connectivity index (χ0) is 18.0. The van der Waals surface area contributed by atoms with E-state index in [1.165, 1.54) is 24.3 Å². The number of hydrogen-bond donors (Lipinski definition) is 3. The maximum absolute atomic E-state index is 12.9. The minimum Gasteiger partial charge on any atom is -0.480 e. The van der Waals surface area contributed by atoms with Crippen LogP contribution in [0, 0.1) is 5.82 Å². The van der Waals surface area contributed by atoms with Crippen molar-refractivity contribution in [2.24, 2.45) is 0 Å². The van der Waals surface area contributed by atoms with Gasteiger partial charge in [-0.05, 0) is 42.0 Å². The van der Waals surface area contributed by atoms with Crippen molar-refractivity contribution in [2.75, 3.05) is 0 Å². The number of H-pyrrole nitrogens is 1. The lowest BCUT2D eigenvalue weighted by Gasteiger charge is -2.14. The van der Waals surface area contributed by atoms with E-state index in [0.29, 0.717) is 10.6 Å². The molecule has 1 atom stereocenters. The number of aliphatic carboxylic acids is 1. The van der Waals surface area contributed by atoms with Crippen LogP contribution in [-0.2, 0) is 11.2 Å². The van der Waals surface area contributed by atoms with Crippen LogP contribution in [0.25, 0.3) is 10.9 Å². The summed E-state index contributed by atoms with van der Waals surface area (Å²) in [6.45, 7) is 0. The summed E-state index contributed by atoms with van der Waals surface area (Å²) >= 11 is 5.92. The smallest absolute Gasteiger partial charge is 0.326 e. The predicted molar refractivity (Wildman–Crippen MR) is 92.3 cm³/mol. The third-order valence-corrected chi connectivity index (χ3v) is 4.02. The molecule has 5 nitrogen and oxygen atoms in total. The summed E-state index contributed by atoms with van der Waals surface area (Å²) in [6, 6.07) is 11.1. The Kier molecular flexibility index (Phi) is 4.72. The number of hydrogen-bond acceptors (Lipinski definition) is 2. The van der Waals surface area contributed by atoms with Gasteiger partial charge in [-0.1, -0.05) is 23.7 Å². The Labute approximate surface area is 147 Å². The molecule has 3 aromatic rings. The third kappa shape index (κ3) is 3.97. The number of rotatable bonds is 5. The number of carbonyl (C=O) groups excluding carboxylic acids is 1. The summed E-state index contributed by atoms with van der Waals surface area (Å²) in [7, 11) is 0. The van der Waals surface area contributed by atoms with Crippen molar-refractivity contribution in [3.05, 3.63) is 70.6 Å². The van der Waals surface area contributed by atoms with E-state index >= 15 is 0 Å². The molecule has 0 fully saturated rings. The molecule has 0 radical (unpaired) electrons. The normalized spacial score (nSPS) is 12.1. The fourth-order valence-corrected chi connectivity index (χ4v) is 2.70. The molecule has 1 heterocycles. The number of benzene rings is 2. The molecule has 2 aromatic carbocycles. The van der Waals surface area contributed by atoms with Crippen LogP contribution in [-0.4, -0.2) is 28.0 Å². The quantitative estimate of drug-likeness (QED) is 0.652. The van der Waals surface area contributed by atoms with E-state index in [9.17, 15) is 19.1 Å². The van der Waals surface area contributed by atoms with Crippen molar-refractivity contribution in [1.82, 2.24) is 10.3 Å². The lowest BCUT2D eigenvalue weighted by Crippen LogP contribution is -2.42. The Morgan fingerprint density at radius 3 is 2.56 bits per heavy atom. The second-order valence-corrected chi connectivity index (χ2v) is 6.05. The maximum Gasteiger partial charge on any atom is 0.326 e. The molecule has 0 aliphatic heterocycles. The molecule has 7 heteroatoms. The SMILES string of the molecule is O=C(NC(Cc1ccc(F)cc1)C(=O)O)c1cc2cc(Cl)ccc2[nH]1. The average molecular weight is 361 g/mol. The molecule has 128 valence electrons. The molecule has 0 saturated heterocycles. The summed E-state index contributed by atoms with van der Waals surface area (Å²) in [5.41, 5.74) is 1.57. The van der Waals surface area contributed by atoms with Crippen LogP contribution in [0.15, 0.2) is 48.5 Å². The topological polar surface area (TPSA) is 82.2 Å². The molecule has 0 bridgehead atoms. The molecule has 0 spiro atoms. The molecule has 25 heavy (non-hydrogen) atoms. The van der Waals surface area contributed by atoms with E-state index < -0.39 is 23.7 Å². The number of carboxylic acids is 1. The van der Waals surface area contributed by atoms with Gasteiger partial charge in [0.15, 0.2) is 0 Å². The summed E-state index contributed by atoms with van der Waals surface area (Å²) in [5, 5.41) is 13.1. The van der Waals surface area contributed by atoms with Gasteiger partial charge in [0.2, 0.25) is 0 Å². The van der Waals surface area contributed by atoms with Gasteiger partial charge in [0.05, 0.1) is 0 Å². The van der Waals surface area contributed by atoms with Crippen LogP contribution < -0.4 is 5.32 Å². The minimum absolute atomic E-state index is 0.0490. The van der Waals surface area contributed by atoms with E-state index in [-0.39, 0.29) is 12.1 Å². The highest BCUT2D eigenvalue weighted by molar-refractivity contribution is 6.31. The van der Waals surface area contributed by atoms with Gasteiger partial charge in [0.25, 0.3) is 5.91 Å². The van der Waals surface area contributed by atoms with Crippen LogP contribution in [0.2, 0.25) is 5.02 Å². The Bertz CT molecular complexity index is 937. The summed E-state index contributed by atoms with van der Waals surface area (Å²) in [6.07, 6.45) is 0.0490. The zero-order valence-electron chi connectivity index (χ0n) is 12.9. The van der Waals surface area contributed by atoms with Crippen LogP contribution in [0.5, 0.6) is 0 Å². The van der Waals surface area contributed by atoms with Gasteiger partial charge < -0.3 is 15.4 Å². The summed E-state index contributed by atoms with van der Waals surface area (Å²) in [5.74, 6) is -2.12. The zero-order valence-corrected chi connectivity index (χ0v) is 13.7. The van der Waals surface area contributed by atoms with E-state index in [1.807, 2.05) is 0 Å². The number of carboxylic acid groups (broad SMARTS) is 1. The van der Waals surface area contributed by atoms with Crippen molar-refractivity contribution in [1.29, 1.82) is 0 Å². The molecule has 1 unspecified atom stereocenters. The standard InChI is InChI=1S/C18H14ClFN2O3/c19-12-3-6-14-11(8-12)9-15(21-14)17(23)22-16(18(24)25)7-10-1-4-13(20)5-2-10/h1-6,8-9,16,21H,7H2,(H,22,23)(H,24,25). The second-order valence-electron chi connectivity index (χ2n) is 5.61. The van der Waals surface area contributed by atoms with Gasteiger partial charge in [-0.3, -0.25) is 4.79 Å². The highest BCUT2D eigenvalue weighted by atomic mass is 35.5. The first-order chi connectivity index (χ1) is 11.9. The first-order valence-electron chi connectivity index (χ1n) is 7.49. The highest BCUT2D eigenvalue weighted by Gasteiger charge is 2.22. The molecular formula is C18H14ClFN2O3. The van der Waals surface area contributed by atoms with Crippen molar-refractivity contribution in [2.45, 2.75) is 12.5 Å². The number of aromatic amines is 1. The lowest BCUT2D eigenvalue weighted by molar-refractivity contribution is -0.139. The van der Waals surface area contributed by atoms with Crippen molar-refractivity contribution in [3.8, 4) is 0 Å². The van der Waals surface area contributed by atoms with Crippen molar-refractivity contribution < 1.29 is 19.1 Å². The van der Waals surface area contributed by atoms with Crippen LogP contribution >= 0.6 is 11.6 Å². The highest BCUT2D eigenvalue weighted by Crippen LogP contribution is 2.20. The summed E-state index contributed by atoms with van der Waals surface area (Å²) in [4.78, 5) is 26.7. The van der Waals surface area contributed by atoms with Gasteiger partial charge >= 0.3 is 5.97 Å². The van der Waals surface area contributed by atoms with Crippen LogP contribution in [0.3, 0.4) is 0 Å². The molecule has 1 aromatic heterocycles. The molecule has 3 N–H and O–H groups in total. The molecule has 0 aliphatic carbocycles. The Hall–Kier alpha value is -2.86. The van der Waals surface area contributed by atoms with Gasteiger partial charge in [-0.2, -0.15) is 0 Å². The van der Waals surface area contributed by atoms with Crippen molar-refractivity contribution in [3.63, 3.8) is 0 Å². The minimum atomic E-state index is -1.17. The van der Waals surface area contributed by atoms with Gasteiger partial charge in [-0.15, -0.1) is 0 Å². The molecule has 3 rings (SSSR count). The number of carbonyl (C=O) groups is 2.